The van der Waals surface area contributed by atoms with Gasteiger partial charge in [-0.1, -0.05) is 56.1 Å². The number of aromatic amines is 1. The van der Waals surface area contributed by atoms with E-state index in [2.05, 4.69) is 61.1 Å². The predicted molar refractivity (Wildman–Crippen MR) is 123 cm³/mol. The molecule has 0 radical (unpaired) electrons. The predicted octanol–water partition coefficient (Wildman–Crippen LogP) is 6.95. The van der Waals surface area contributed by atoms with E-state index in [1.54, 1.807) is 14.2 Å². The molecule has 4 rings (SSSR count). The van der Waals surface area contributed by atoms with Gasteiger partial charge in [-0.05, 0) is 36.4 Å². The van der Waals surface area contributed by atoms with Crippen molar-refractivity contribution in [3.05, 3.63) is 75.7 Å². The Balaban J connectivity index is 1.90. The van der Waals surface area contributed by atoms with Crippen LogP contribution in [0.2, 0.25) is 0 Å². The molecule has 0 fully saturated rings. The van der Waals surface area contributed by atoms with E-state index in [0.717, 1.165) is 48.6 Å². The van der Waals surface area contributed by atoms with Gasteiger partial charge in [-0.2, -0.15) is 0 Å². The Morgan fingerprint density at radius 3 is 1.97 bits per heavy atom. The van der Waals surface area contributed by atoms with Crippen molar-refractivity contribution in [1.29, 1.82) is 0 Å². The zero-order valence-corrected chi connectivity index (χ0v) is 19.0. The molecule has 146 valence electrons. The molecule has 1 heterocycles. The van der Waals surface area contributed by atoms with Crippen molar-refractivity contribution in [3.8, 4) is 45.4 Å². The van der Waals surface area contributed by atoms with Crippen LogP contribution in [0.5, 0.6) is 11.5 Å². The largest absolute Gasteiger partial charge is 0.497 e. The molecule has 0 spiro atoms. The molecular weight excluding hydrogens is 496 g/mol. The smallest absolute Gasteiger partial charge is 0.142 e. The summed E-state index contributed by atoms with van der Waals surface area (Å²) in [6, 6.07) is 22.0. The van der Waals surface area contributed by atoms with Crippen LogP contribution in [0.4, 0.5) is 0 Å². The third-order valence-corrected chi connectivity index (χ3v) is 5.68. The number of halogens is 2. The minimum atomic E-state index is 0.697. The van der Waals surface area contributed by atoms with Gasteiger partial charge < -0.3 is 14.5 Å². The summed E-state index contributed by atoms with van der Waals surface area (Å²) >= 11 is 7.01. The summed E-state index contributed by atoms with van der Waals surface area (Å²) in [5, 5.41) is 0. The number of ether oxygens (including phenoxy) is 2. The number of methoxy groups -OCH3 is 2. The molecule has 1 aromatic heterocycles. The standard InChI is InChI=1S/C23H18Br2N2O2/c1-28-18-11-12-19(20(13-18)29-2)23-26-21(14-3-7-16(24)8-4-14)22(27-23)15-5-9-17(25)10-6-15/h3-13H,1-2H3,(H,26,27). The number of nitrogens with zero attached hydrogens (tertiary/aromatic N) is 1. The second-order valence-electron chi connectivity index (χ2n) is 6.39. The van der Waals surface area contributed by atoms with Crippen molar-refractivity contribution in [2.75, 3.05) is 14.2 Å². The Morgan fingerprint density at radius 2 is 1.38 bits per heavy atom. The molecule has 0 atom stereocenters. The molecule has 29 heavy (non-hydrogen) atoms. The maximum atomic E-state index is 5.58. The summed E-state index contributed by atoms with van der Waals surface area (Å²) in [5.41, 5.74) is 4.79. The lowest BCUT2D eigenvalue weighted by molar-refractivity contribution is 0.395. The lowest BCUT2D eigenvalue weighted by Gasteiger charge is -2.08. The van der Waals surface area contributed by atoms with Crippen LogP contribution in [0.3, 0.4) is 0 Å². The Morgan fingerprint density at radius 1 is 0.759 bits per heavy atom. The minimum Gasteiger partial charge on any atom is -0.497 e. The first-order valence-corrected chi connectivity index (χ1v) is 10.5. The van der Waals surface area contributed by atoms with Crippen molar-refractivity contribution >= 4 is 31.9 Å². The van der Waals surface area contributed by atoms with Gasteiger partial charge in [0.25, 0.3) is 0 Å². The summed E-state index contributed by atoms with van der Waals surface area (Å²) in [6.45, 7) is 0. The highest BCUT2D eigenvalue weighted by Gasteiger charge is 2.18. The van der Waals surface area contributed by atoms with Crippen molar-refractivity contribution < 1.29 is 9.47 Å². The van der Waals surface area contributed by atoms with Gasteiger partial charge in [-0.3, -0.25) is 0 Å². The van der Waals surface area contributed by atoms with Crippen molar-refractivity contribution in [2.45, 2.75) is 0 Å². The van der Waals surface area contributed by atoms with Crippen LogP contribution in [0.1, 0.15) is 0 Å². The lowest BCUT2D eigenvalue weighted by atomic mass is 10.1. The Bertz CT molecular complexity index is 1070. The van der Waals surface area contributed by atoms with Gasteiger partial charge in [0.05, 0.1) is 31.2 Å². The number of nitrogens with one attached hydrogen (secondary N) is 1. The second kappa shape index (κ2) is 8.43. The Labute approximate surface area is 186 Å². The third kappa shape index (κ3) is 4.09. The van der Waals surface area contributed by atoms with Gasteiger partial charge in [0.2, 0.25) is 0 Å². The number of hydrogen-bond acceptors (Lipinski definition) is 3. The monoisotopic (exact) mass is 512 g/mol. The molecule has 0 saturated heterocycles. The summed E-state index contributed by atoms with van der Waals surface area (Å²) in [5.74, 6) is 2.17. The molecule has 4 aromatic rings. The van der Waals surface area contributed by atoms with Crippen molar-refractivity contribution in [2.24, 2.45) is 0 Å². The maximum absolute atomic E-state index is 5.58. The van der Waals surface area contributed by atoms with E-state index < -0.39 is 0 Å². The number of hydrogen-bond donors (Lipinski definition) is 1. The van der Waals surface area contributed by atoms with E-state index in [-0.39, 0.29) is 0 Å². The summed E-state index contributed by atoms with van der Waals surface area (Å²) in [6.07, 6.45) is 0. The summed E-state index contributed by atoms with van der Waals surface area (Å²) in [7, 11) is 3.28. The molecule has 0 bridgehead atoms. The quantitative estimate of drug-likeness (QED) is 0.314. The molecule has 0 aliphatic carbocycles. The van der Waals surface area contributed by atoms with E-state index in [9.17, 15) is 0 Å². The molecule has 0 unspecified atom stereocenters. The van der Waals surface area contributed by atoms with Gasteiger partial charge in [-0.15, -0.1) is 0 Å². The minimum absolute atomic E-state index is 0.697. The first-order valence-electron chi connectivity index (χ1n) is 8.93. The average molecular weight is 514 g/mol. The van der Waals surface area contributed by atoms with Crippen LogP contribution in [-0.2, 0) is 0 Å². The van der Waals surface area contributed by atoms with E-state index in [1.807, 2.05) is 42.5 Å². The van der Waals surface area contributed by atoms with Crippen LogP contribution in [0.15, 0.2) is 75.7 Å². The van der Waals surface area contributed by atoms with Gasteiger partial charge in [0.15, 0.2) is 0 Å². The number of imidazole rings is 1. The Kier molecular flexibility index (Phi) is 5.74. The fourth-order valence-electron chi connectivity index (χ4n) is 3.14. The molecule has 0 saturated carbocycles. The lowest BCUT2D eigenvalue weighted by Crippen LogP contribution is -1.91. The van der Waals surface area contributed by atoms with Crippen LogP contribution >= 0.6 is 31.9 Å². The zero-order valence-electron chi connectivity index (χ0n) is 15.9. The molecule has 0 aliphatic heterocycles. The first-order chi connectivity index (χ1) is 14.1. The summed E-state index contributed by atoms with van der Waals surface area (Å²) < 4.78 is 13.0. The molecule has 0 aliphatic rings. The van der Waals surface area contributed by atoms with Gasteiger partial charge in [0, 0.05) is 26.1 Å². The topological polar surface area (TPSA) is 47.1 Å². The third-order valence-electron chi connectivity index (χ3n) is 4.62. The zero-order chi connectivity index (χ0) is 20.4. The number of aromatic nitrogens is 2. The molecule has 0 amide bonds. The fourth-order valence-corrected chi connectivity index (χ4v) is 3.67. The van der Waals surface area contributed by atoms with Gasteiger partial charge in [-0.25, -0.2) is 4.98 Å². The van der Waals surface area contributed by atoms with Crippen LogP contribution in [-0.4, -0.2) is 24.2 Å². The molecule has 3 aromatic carbocycles. The highest BCUT2D eigenvalue weighted by molar-refractivity contribution is 9.10. The van der Waals surface area contributed by atoms with E-state index in [4.69, 9.17) is 14.5 Å². The molecule has 4 nitrogen and oxygen atoms in total. The van der Waals surface area contributed by atoms with Crippen LogP contribution < -0.4 is 9.47 Å². The molecular formula is C23H18Br2N2O2. The fraction of sp³-hybridized carbons (Fsp3) is 0.0870. The van der Waals surface area contributed by atoms with Crippen LogP contribution in [0, 0.1) is 0 Å². The van der Waals surface area contributed by atoms with E-state index >= 15 is 0 Å². The average Bonchev–Trinajstić information content (AvgIpc) is 3.19. The highest BCUT2D eigenvalue weighted by Crippen LogP contribution is 2.37. The molecule has 1 N–H and O–H groups in total. The van der Waals surface area contributed by atoms with Crippen molar-refractivity contribution in [1.82, 2.24) is 9.97 Å². The SMILES string of the molecule is COc1ccc(-c2nc(-c3ccc(Br)cc3)c(-c3ccc(Br)cc3)[nH]2)c(OC)c1. The normalized spacial score (nSPS) is 10.8. The maximum Gasteiger partial charge on any atom is 0.142 e. The number of H-pyrrole nitrogens is 1. The van der Waals surface area contributed by atoms with Gasteiger partial charge >= 0.3 is 0 Å². The van der Waals surface area contributed by atoms with E-state index in [0.29, 0.717) is 5.75 Å². The molecule has 6 heteroatoms. The highest BCUT2D eigenvalue weighted by atomic mass is 79.9. The van der Waals surface area contributed by atoms with Crippen LogP contribution in [0.25, 0.3) is 33.9 Å². The van der Waals surface area contributed by atoms with Crippen molar-refractivity contribution in [3.63, 3.8) is 0 Å². The Hall–Kier alpha value is -2.57. The number of benzene rings is 3. The first kappa shape index (κ1) is 19.7. The number of rotatable bonds is 5. The second-order valence-corrected chi connectivity index (χ2v) is 8.22. The van der Waals surface area contributed by atoms with Gasteiger partial charge in [0.1, 0.15) is 17.3 Å². The summed E-state index contributed by atoms with van der Waals surface area (Å²) in [4.78, 5) is 8.44. The van der Waals surface area contributed by atoms with E-state index in [1.165, 1.54) is 0 Å².